The van der Waals surface area contributed by atoms with E-state index in [1.165, 1.54) is 0 Å². The third-order valence-electron chi connectivity index (χ3n) is 2.97. The maximum Gasteiger partial charge on any atom is 0.375 e. The number of aromatic carboxylic acids is 1. The standard InChI is InChI=1S/C14H17N3O2/c1-4-12-15-13(14(18)19)16-17(12)11-8-6-5-7-10(11)9(2)3/h5-9H,4H2,1-3H3,(H,18,19). The second kappa shape index (κ2) is 5.22. The van der Waals surface area contributed by atoms with Crippen LogP contribution in [0.25, 0.3) is 5.69 Å². The Bertz CT molecular complexity index is 602. The van der Waals surface area contributed by atoms with E-state index >= 15 is 0 Å². The minimum Gasteiger partial charge on any atom is -0.475 e. The van der Waals surface area contributed by atoms with Gasteiger partial charge in [-0.3, -0.25) is 0 Å². The highest BCUT2D eigenvalue weighted by Gasteiger charge is 2.17. The second-order valence-corrected chi connectivity index (χ2v) is 4.64. The molecule has 0 amide bonds. The average molecular weight is 259 g/mol. The average Bonchev–Trinajstić information content (AvgIpc) is 2.82. The first-order valence-electron chi connectivity index (χ1n) is 6.33. The maximum absolute atomic E-state index is 11.0. The first-order valence-corrected chi connectivity index (χ1v) is 6.33. The van der Waals surface area contributed by atoms with E-state index in [1.54, 1.807) is 4.68 Å². The third kappa shape index (κ3) is 2.50. The highest BCUT2D eigenvalue weighted by Crippen LogP contribution is 2.23. The van der Waals surface area contributed by atoms with Crippen LogP contribution in [0.5, 0.6) is 0 Å². The molecule has 19 heavy (non-hydrogen) atoms. The Morgan fingerprint density at radius 1 is 1.37 bits per heavy atom. The quantitative estimate of drug-likeness (QED) is 0.916. The molecular formula is C14H17N3O2. The lowest BCUT2D eigenvalue weighted by atomic mass is 10.0. The van der Waals surface area contributed by atoms with Crippen molar-refractivity contribution in [3.63, 3.8) is 0 Å². The van der Waals surface area contributed by atoms with Crippen LogP contribution in [-0.4, -0.2) is 25.8 Å². The van der Waals surface area contributed by atoms with Gasteiger partial charge in [0.15, 0.2) is 0 Å². The Morgan fingerprint density at radius 2 is 2.05 bits per heavy atom. The number of carbonyl (C=O) groups is 1. The smallest absolute Gasteiger partial charge is 0.375 e. The summed E-state index contributed by atoms with van der Waals surface area (Å²) in [7, 11) is 0. The number of hydrogen-bond donors (Lipinski definition) is 1. The molecule has 0 bridgehead atoms. The van der Waals surface area contributed by atoms with E-state index in [9.17, 15) is 4.79 Å². The van der Waals surface area contributed by atoms with Crippen LogP contribution in [0, 0.1) is 0 Å². The molecule has 0 spiro atoms. The summed E-state index contributed by atoms with van der Waals surface area (Å²) in [6.45, 7) is 6.13. The molecule has 0 saturated carbocycles. The first-order chi connectivity index (χ1) is 9.04. The summed E-state index contributed by atoms with van der Waals surface area (Å²) in [5.74, 6) is -0.269. The highest BCUT2D eigenvalue weighted by atomic mass is 16.4. The molecule has 5 heteroatoms. The van der Waals surface area contributed by atoms with Crippen molar-refractivity contribution in [1.29, 1.82) is 0 Å². The van der Waals surface area contributed by atoms with Crippen LogP contribution in [0.15, 0.2) is 24.3 Å². The van der Waals surface area contributed by atoms with Crippen LogP contribution in [0.2, 0.25) is 0 Å². The van der Waals surface area contributed by atoms with Gasteiger partial charge in [0, 0.05) is 6.42 Å². The number of rotatable bonds is 4. The number of aryl methyl sites for hydroxylation is 1. The molecule has 0 unspecified atom stereocenters. The number of aromatic nitrogens is 3. The summed E-state index contributed by atoms with van der Waals surface area (Å²) in [6.07, 6.45) is 0.632. The van der Waals surface area contributed by atoms with Gasteiger partial charge in [-0.05, 0) is 17.5 Å². The fourth-order valence-corrected chi connectivity index (χ4v) is 2.03. The minimum atomic E-state index is -1.10. The molecule has 1 heterocycles. The predicted octanol–water partition coefficient (Wildman–Crippen LogP) is 2.65. The molecule has 0 radical (unpaired) electrons. The maximum atomic E-state index is 11.0. The number of carboxylic acids is 1. The molecule has 0 fully saturated rings. The number of para-hydroxylation sites is 1. The van der Waals surface area contributed by atoms with E-state index in [2.05, 4.69) is 23.9 Å². The predicted molar refractivity (Wildman–Crippen MR) is 71.8 cm³/mol. The summed E-state index contributed by atoms with van der Waals surface area (Å²) in [6, 6.07) is 7.86. The van der Waals surface area contributed by atoms with Crippen LogP contribution in [0.3, 0.4) is 0 Å². The largest absolute Gasteiger partial charge is 0.475 e. The molecule has 1 aromatic heterocycles. The van der Waals surface area contributed by atoms with Crippen LogP contribution in [-0.2, 0) is 6.42 Å². The Labute approximate surface area is 111 Å². The van der Waals surface area contributed by atoms with Crippen molar-refractivity contribution >= 4 is 5.97 Å². The van der Waals surface area contributed by atoms with Crippen molar-refractivity contribution in [3.8, 4) is 5.69 Å². The first kappa shape index (κ1) is 13.3. The third-order valence-corrected chi connectivity index (χ3v) is 2.97. The zero-order valence-electron chi connectivity index (χ0n) is 11.3. The van der Waals surface area contributed by atoms with Crippen molar-refractivity contribution in [2.45, 2.75) is 33.1 Å². The monoisotopic (exact) mass is 259 g/mol. The van der Waals surface area contributed by atoms with E-state index in [0.29, 0.717) is 18.2 Å². The summed E-state index contributed by atoms with van der Waals surface area (Å²) in [4.78, 5) is 15.1. The molecule has 0 aliphatic heterocycles. The number of benzene rings is 1. The highest BCUT2D eigenvalue weighted by molar-refractivity contribution is 5.83. The van der Waals surface area contributed by atoms with Gasteiger partial charge in [-0.15, -0.1) is 5.10 Å². The van der Waals surface area contributed by atoms with E-state index in [4.69, 9.17) is 5.11 Å². The molecule has 1 aromatic carbocycles. The topological polar surface area (TPSA) is 68.0 Å². The number of hydrogen-bond acceptors (Lipinski definition) is 3. The normalized spacial score (nSPS) is 10.9. The van der Waals surface area contributed by atoms with E-state index in [1.807, 2.05) is 31.2 Å². The van der Waals surface area contributed by atoms with E-state index in [0.717, 1.165) is 11.3 Å². The fourth-order valence-electron chi connectivity index (χ4n) is 2.03. The molecule has 2 rings (SSSR count). The van der Waals surface area contributed by atoms with Crippen LogP contribution < -0.4 is 0 Å². The van der Waals surface area contributed by atoms with Gasteiger partial charge in [0.2, 0.25) is 0 Å². The number of carboxylic acid groups (broad SMARTS) is 1. The zero-order valence-corrected chi connectivity index (χ0v) is 11.3. The van der Waals surface area contributed by atoms with Gasteiger partial charge < -0.3 is 5.11 Å². The van der Waals surface area contributed by atoms with Gasteiger partial charge in [-0.1, -0.05) is 39.0 Å². The Hall–Kier alpha value is -2.17. The summed E-state index contributed by atoms with van der Waals surface area (Å²) in [5, 5.41) is 13.1. The van der Waals surface area contributed by atoms with Crippen molar-refractivity contribution < 1.29 is 9.90 Å². The van der Waals surface area contributed by atoms with Crippen LogP contribution in [0.4, 0.5) is 0 Å². The summed E-state index contributed by atoms with van der Waals surface area (Å²) >= 11 is 0. The lowest BCUT2D eigenvalue weighted by Crippen LogP contribution is -2.07. The lowest BCUT2D eigenvalue weighted by Gasteiger charge is -2.13. The fraction of sp³-hybridized carbons (Fsp3) is 0.357. The molecular weight excluding hydrogens is 242 g/mol. The van der Waals surface area contributed by atoms with E-state index in [-0.39, 0.29) is 5.82 Å². The summed E-state index contributed by atoms with van der Waals surface area (Å²) < 4.78 is 1.64. The van der Waals surface area contributed by atoms with Crippen LogP contribution in [0.1, 0.15) is 48.7 Å². The SMILES string of the molecule is CCc1nc(C(=O)O)nn1-c1ccccc1C(C)C. The molecule has 0 atom stereocenters. The Balaban J connectivity index is 2.61. The molecule has 100 valence electrons. The Morgan fingerprint density at radius 3 is 2.63 bits per heavy atom. The minimum absolute atomic E-state index is 0.157. The zero-order chi connectivity index (χ0) is 14.0. The molecule has 0 aliphatic carbocycles. The van der Waals surface area contributed by atoms with Gasteiger partial charge in [-0.2, -0.15) is 0 Å². The lowest BCUT2D eigenvalue weighted by molar-refractivity contribution is 0.0683. The van der Waals surface area contributed by atoms with Gasteiger partial charge in [0.25, 0.3) is 5.82 Å². The number of nitrogens with zero attached hydrogens (tertiary/aromatic N) is 3. The van der Waals surface area contributed by atoms with Gasteiger partial charge in [0.05, 0.1) is 5.69 Å². The van der Waals surface area contributed by atoms with Gasteiger partial charge in [-0.25, -0.2) is 14.5 Å². The Kier molecular flexibility index (Phi) is 3.64. The second-order valence-electron chi connectivity index (χ2n) is 4.64. The van der Waals surface area contributed by atoms with Crippen molar-refractivity contribution in [3.05, 3.63) is 41.5 Å². The van der Waals surface area contributed by atoms with Crippen LogP contribution >= 0.6 is 0 Å². The molecule has 0 aliphatic rings. The molecule has 5 nitrogen and oxygen atoms in total. The molecule has 2 aromatic rings. The summed E-state index contributed by atoms with van der Waals surface area (Å²) in [5.41, 5.74) is 2.02. The van der Waals surface area contributed by atoms with Crippen molar-refractivity contribution in [2.24, 2.45) is 0 Å². The van der Waals surface area contributed by atoms with Gasteiger partial charge >= 0.3 is 5.97 Å². The van der Waals surface area contributed by atoms with Crippen molar-refractivity contribution in [2.75, 3.05) is 0 Å². The van der Waals surface area contributed by atoms with Gasteiger partial charge in [0.1, 0.15) is 5.82 Å². The molecule has 1 N–H and O–H groups in total. The van der Waals surface area contributed by atoms with Crippen molar-refractivity contribution in [1.82, 2.24) is 14.8 Å². The molecule has 0 saturated heterocycles. The van der Waals surface area contributed by atoms with E-state index < -0.39 is 5.97 Å².